The molecular formula is C36H20N4O4. The van der Waals surface area contributed by atoms with Gasteiger partial charge in [0.05, 0.1) is 21.8 Å². The molecular weight excluding hydrogens is 552 g/mol. The number of nitrogens with zero attached hydrogens (tertiary/aromatic N) is 4. The zero-order valence-corrected chi connectivity index (χ0v) is 23.0. The van der Waals surface area contributed by atoms with E-state index in [0.717, 1.165) is 32.3 Å². The topological polar surface area (TPSA) is 88.5 Å². The van der Waals surface area contributed by atoms with Crippen molar-refractivity contribution in [2.45, 2.75) is 0 Å². The minimum absolute atomic E-state index is 0.177. The summed E-state index contributed by atoms with van der Waals surface area (Å²) >= 11 is 0. The van der Waals surface area contributed by atoms with Gasteiger partial charge in [-0.1, -0.05) is 48.5 Å². The average molecular weight is 573 g/mol. The molecule has 0 unspecified atom stereocenters. The number of aromatic nitrogens is 4. The molecule has 2 aromatic heterocycles. The Hall–Kier alpha value is -6.28. The summed E-state index contributed by atoms with van der Waals surface area (Å²) in [6, 6.07) is 39.0. The van der Waals surface area contributed by atoms with Crippen LogP contribution in [0, 0.1) is 0 Å². The van der Waals surface area contributed by atoms with Crippen LogP contribution in [0.5, 0.6) is 46.8 Å². The molecule has 6 aromatic carbocycles. The van der Waals surface area contributed by atoms with Crippen LogP contribution in [-0.2, 0) is 0 Å². The van der Waals surface area contributed by atoms with E-state index in [1.54, 1.807) is 0 Å². The van der Waals surface area contributed by atoms with Crippen LogP contribution < -0.4 is 18.9 Å². The number of hydrogen-bond donors (Lipinski definition) is 0. The third-order valence-corrected chi connectivity index (χ3v) is 7.51. The molecule has 0 saturated heterocycles. The number of hydrogen-bond acceptors (Lipinski definition) is 8. The summed E-state index contributed by atoms with van der Waals surface area (Å²) in [5.74, 6) is 3.14. The largest absolute Gasteiger partial charge is 0.438 e. The SMILES string of the molecule is c1ccc2c3nc(nc2c1)Oc1ccc2ccc(cc2c1)Oc1nc(nc2ccccc12)Oc1ccc2ccc(cc2c1)O3. The lowest BCUT2D eigenvalue weighted by Crippen LogP contribution is -1.98. The first kappa shape index (κ1) is 24.3. The Morgan fingerprint density at radius 3 is 1.16 bits per heavy atom. The fourth-order valence-electron chi connectivity index (χ4n) is 5.39. The van der Waals surface area contributed by atoms with E-state index in [9.17, 15) is 0 Å². The number of ether oxygens (including phenoxy) is 4. The maximum atomic E-state index is 6.36. The van der Waals surface area contributed by atoms with E-state index < -0.39 is 0 Å². The molecule has 0 amide bonds. The monoisotopic (exact) mass is 572 g/mol. The number of fused-ring (bicyclic) bond motifs is 12. The van der Waals surface area contributed by atoms with Crippen LogP contribution in [-0.4, -0.2) is 19.9 Å². The van der Waals surface area contributed by atoms with E-state index in [1.807, 2.05) is 121 Å². The van der Waals surface area contributed by atoms with Crippen molar-refractivity contribution in [1.82, 2.24) is 19.9 Å². The van der Waals surface area contributed by atoms with E-state index >= 15 is 0 Å². The predicted molar refractivity (Wildman–Crippen MR) is 167 cm³/mol. The van der Waals surface area contributed by atoms with Crippen molar-refractivity contribution >= 4 is 43.4 Å². The molecule has 0 N–H and O–H groups in total. The van der Waals surface area contributed by atoms with Crippen LogP contribution in [0.15, 0.2) is 121 Å². The summed E-state index contributed by atoms with van der Waals surface area (Å²) in [7, 11) is 0. The molecule has 1 aliphatic rings. The van der Waals surface area contributed by atoms with Crippen molar-refractivity contribution in [3.8, 4) is 46.8 Å². The van der Waals surface area contributed by atoms with Gasteiger partial charge in [0.2, 0.25) is 11.8 Å². The first-order valence-corrected chi connectivity index (χ1v) is 14.0. The third-order valence-electron chi connectivity index (χ3n) is 7.51. The van der Waals surface area contributed by atoms with Crippen molar-refractivity contribution in [2.75, 3.05) is 0 Å². The highest BCUT2D eigenvalue weighted by Gasteiger charge is 2.15. The Bertz CT molecular complexity index is 2260. The Morgan fingerprint density at radius 2 is 0.727 bits per heavy atom. The molecule has 8 nitrogen and oxygen atoms in total. The van der Waals surface area contributed by atoms with E-state index in [-0.39, 0.29) is 12.0 Å². The summed E-state index contributed by atoms with van der Waals surface area (Å²) < 4.78 is 25.1. The van der Waals surface area contributed by atoms with Crippen molar-refractivity contribution in [2.24, 2.45) is 0 Å². The van der Waals surface area contributed by atoms with Gasteiger partial charge in [-0.25, -0.2) is 0 Å². The van der Waals surface area contributed by atoms with Crippen LogP contribution >= 0.6 is 0 Å². The highest BCUT2D eigenvalue weighted by molar-refractivity contribution is 5.88. The fourth-order valence-corrected chi connectivity index (χ4v) is 5.39. The molecule has 0 fully saturated rings. The highest BCUT2D eigenvalue weighted by Crippen LogP contribution is 2.36. The second-order valence-electron chi connectivity index (χ2n) is 10.4. The predicted octanol–water partition coefficient (Wildman–Crippen LogP) is 9.36. The average Bonchev–Trinajstić information content (AvgIpc) is 3.04. The van der Waals surface area contributed by atoms with Crippen LogP contribution in [0.2, 0.25) is 0 Å². The summed E-state index contributed by atoms with van der Waals surface area (Å²) in [6.45, 7) is 0. The van der Waals surface area contributed by atoms with Gasteiger partial charge in [-0.05, 0) is 94.3 Å². The summed E-state index contributed by atoms with van der Waals surface area (Å²) in [5, 5.41) is 5.38. The zero-order valence-electron chi connectivity index (χ0n) is 23.0. The van der Waals surface area contributed by atoms with Gasteiger partial charge in [0.1, 0.15) is 23.0 Å². The van der Waals surface area contributed by atoms with Gasteiger partial charge in [-0.2, -0.15) is 19.9 Å². The molecule has 0 saturated carbocycles. The summed E-state index contributed by atoms with van der Waals surface area (Å²) in [6.07, 6.45) is 0. The Kier molecular flexibility index (Phi) is 5.33. The molecule has 9 rings (SSSR count). The van der Waals surface area contributed by atoms with Crippen molar-refractivity contribution in [3.63, 3.8) is 0 Å². The van der Waals surface area contributed by atoms with Crippen LogP contribution in [0.3, 0.4) is 0 Å². The molecule has 0 spiro atoms. The maximum Gasteiger partial charge on any atom is 0.325 e. The molecule has 44 heavy (non-hydrogen) atoms. The molecule has 8 heteroatoms. The molecule has 10 bridgehead atoms. The van der Waals surface area contributed by atoms with Gasteiger partial charge >= 0.3 is 12.0 Å². The van der Waals surface area contributed by atoms with E-state index in [2.05, 4.69) is 19.9 Å². The van der Waals surface area contributed by atoms with Gasteiger partial charge in [0.15, 0.2) is 0 Å². The second kappa shape index (κ2) is 9.64. The highest BCUT2D eigenvalue weighted by atomic mass is 16.5. The molecule has 208 valence electrons. The Balaban J connectivity index is 1.25. The van der Waals surface area contributed by atoms with Gasteiger partial charge in [0, 0.05) is 0 Å². The molecule has 0 radical (unpaired) electrons. The minimum atomic E-state index is 0.177. The normalized spacial score (nSPS) is 12.4. The van der Waals surface area contributed by atoms with E-state index in [1.165, 1.54) is 0 Å². The lowest BCUT2D eigenvalue weighted by atomic mass is 10.1. The smallest absolute Gasteiger partial charge is 0.325 e. The first-order chi connectivity index (χ1) is 21.7. The third kappa shape index (κ3) is 4.33. The standard InChI is InChI=1S/C36H20N4O4/c1-3-7-31-29(5-1)33-39-35(37-31)43-27-15-11-22-10-14-26(18-24(22)20-27)42-34-30-6-2-4-8-32(30)38-36(40-34)44-28-16-12-21-9-13-25(41-33)17-23(21)19-28/h1-20H. The first-order valence-electron chi connectivity index (χ1n) is 14.0. The quantitative estimate of drug-likeness (QED) is 0.178. The van der Waals surface area contributed by atoms with Gasteiger partial charge in [-0.15, -0.1) is 0 Å². The van der Waals surface area contributed by atoms with Gasteiger partial charge in [-0.3, -0.25) is 0 Å². The van der Waals surface area contributed by atoms with Crippen molar-refractivity contribution < 1.29 is 18.9 Å². The van der Waals surface area contributed by atoms with E-state index in [0.29, 0.717) is 45.8 Å². The van der Waals surface area contributed by atoms with Crippen LogP contribution in [0.4, 0.5) is 0 Å². The second-order valence-corrected chi connectivity index (χ2v) is 10.4. The summed E-state index contributed by atoms with van der Waals surface area (Å²) in [4.78, 5) is 18.6. The zero-order chi connectivity index (χ0) is 29.0. The van der Waals surface area contributed by atoms with Crippen molar-refractivity contribution in [1.29, 1.82) is 0 Å². The van der Waals surface area contributed by atoms with Crippen LogP contribution in [0.25, 0.3) is 43.4 Å². The number of benzene rings is 6. The number of para-hydroxylation sites is 2. The molecule has 8 aromatic rings. The lowest BCUT2D eigenvalue weighted by molar-refractivity contribution is 0.417. The molecule has 0 aliphatic carbocycles. The van der Waals surface area contributed by atoms with E-state index in [4.69, 9.17) is 18.9 Å². The Morgan fingerprint density at radius 1 is 0.341 bits per heavy atom. The van der Waals surface area contributed by atoms with Crippen LogP contribution in [0.1, 0.15) is 0 Å². The minimum Gasteiger partial charge on any atom is -0.438 e. The molecule has 1 aliphatic heterocycles. The lowest BCUT2D eigenvalue weighted by Gasteiger charge is -2.13. The van der Waals surface area contributed by atoms with Gasteiger partial charge < -0.3 is 18.9 Å². The van der Waals surface area contributed by atoms with Gasteiger partial charge in [0.25, 0.3) is 0 Å². The molecule has 3 heterocycles. The Labute approximate surface area is 250 Å². The molecule has 0 atom stereocenters. The van der Waals surface area contributed by atoms with Crippen molar-refractivity contribution in [3.05, 3.63) is 121 Å². The maximum absolute atomic E-state index is 6.36. The fraction of sp³-hybridized carbons (Fsp3) is 0. The summed E-state index contributed by atoms with van der Waals surface area (Å²) in [5.41, 5.74) is 1.41. The number of rotatable bonds is 0.